The molecule has 3 rings (SSSR count). The lowest BCUT2D eigenvalue weighted by atomic mass is 10.1. The average molecular weight is 354 g/mol. The van der Waals surface area contributed by atoms with Crippen molar-refractivity contribution in [1.82, 2.24) is 0 Å². The Hall–Kier alpha value is -3.48. The third kappa shape index (κ3) is 3.32. The Labute approximate surface area is 149 Å². The van der Waals surface area contributed by atoms with Crippen LogP contribution < -0.4 is 19.9 Å². The van der Waals surface area contributed by atoms with Gasteiger partial charge in [-0.15, -0.1) is 0 Å². The van der Waals surface area contributed by atoms with Crippen molar-refractivity contribution in [3.05, 3.63) is 59.2 Å². The molecule has 0 unspecified atom stereocenters. The molecular weight excluding hydrogens is 338 g/mol. The second-order valence-corrected chi connectivity index (χ2v) is 5.47. The first-order chi connectivity index (χ1) is 12.5. The minimum Gasteiger partial charge on any atom is -0.545 e. The first kappa shape index (κ1) is 17.3. The van der Waals surface area contributed by atoms with Crippen LogP contribution in [0.1, 0.15) is 27.7 Å². The number of methoxy groups -OCH3 is 2. The van der Waals surface area contributed by atoms with Gasteiger partial charge in [0.1, 0.15) is 5.56 Å². The summed E-state index contributed by atoms with van der Waals surface area (Å²) in [5, 5.41) is 13.6. The molecule has 0 fully saturated rings. The van der Waals surface area contributed by atoms with Crippen LogP contribution in [-0.4, -0.2) is 26.2 Å². The maximum atomic E-state index is 12.3. The fourth-order valence-corrected chi connectivity index (χ4v) is 2.76. The lowest BCUT2D eigenvalue weighted by Gasteiger charge is -2.15. The molecule has 0 saturated heterocycles. The molecule has 1 N–H and O–H groups in total. The van der Waals surface area contributed by atoms with Gasteiger partial charge in [0, 0.05) is 11.3 Å². The Morgan fingerprint density at radius 2 is 2.04 bits per heavy atom. The predicted octanol–water partition coefficient (Wildman–Crippen LogP) is 1.75. The third-order valence-corrected chi connectivity index (χ3v) is 3.89. The van der Waals surface area contributed by atoms with E-state index in [-0.39, 0.29) is 0 Å². The van der Waals surface area contributed by atoms with Crippen molar-refractivity contribution in [3.8, 4) is 11.5 Å². The van der Waals surface area contributed by atoms with Crippen LogP contribution in [0.15, 0.2) is 42.5 Å². The second kappa shape index (κ2) is 7.18. The molecule has 0 amide bonds. The van der Waals surface area contributed by atoms with Crippen LogP contribution in [0.5, 0.6) is 11.5 Å². The minimum absolute atomic E-state index is 0.317. The van der Waals surface area contributed by atoms with E-state index >= 15 is 0 Å². The first-order valence-electron chi connectivity index (χ1n) is 7.75. The number of carbonyl (C=O) groups is 2. The number of ether oxygens (including phenoxy) is 3. The molecule has 7 nitrogen and oxygen atoms in total. The molecule has 0 aliphatic carbocycles. The zero-order valence-corrected chi connectivity index (χ0v) is 14.1. The van der Waals surface area contributed by atoms with Crippen molar-refractivity contribution in [1.29, 1.82) is 0 Å². The average Bonchev–Trinajstić information content (AvgIpc) is 2.95. The van der Waals surface area contributed by atoms with Gasteiger partial charge in [0.05, 0.1) is 20.2 Å². The quantitative estimate of drug-likeness (QED) is 0.623. The summed E-state index contributed by atoms with van der Waals surface area (Å²) in [6, 6.07) is 10.4. The van der Waals surface area contributed by atoms with Crippen molar-refractivity contribution in [2.75, 3.05) is 19.5 Å². The van der Waals surface area contributed by atoms with Gasteiger partial charge in [0.15, 0.2) is 11.5 Å². The summed E-state index contributed by atoms with van der Waals surface area (Å²) in [6.45, 7) is 0. The van der Waals surface area contributed by atoms with Crippen molar-refractivity contribution < 1.29 is 28.9 Å². The zero-order valence-electron chi connectivity index (χ0n) is 14.1. The van der Waals surface area contributed by atoms with Gasteiger partial charge in [0.2, 0.25) is 6.23 Å². The first-order valence-corrected chi connectivity index (χ1v) is 7.75. The minimum atomic E-state index is -1.27. The van der Waals surface area contributed by atoms with Gasteiger partial charge in [-0.1, -0.05) is 18.2 Å². The Bertz CT molecular complexity index is 890. The molecule has 0 aromatic heterocycles. The summed E-state index contributed by atoms with van der Waals surface area (Å²) in [5.41, 5.74) is 2.27. The van der Waals surface area contributed by atoms with Gasteiger partial charge >= 0.3 is 5.97 Å². The van der Waals surface area contributed by atoms with E-state index < -0.39 is 18.2 Å². The number of anilines is 1. The molecule has 1 heterocycles. The molecule has 1 aliphatic heterocycles. The number of cyclic esters (lactones) is 1. The number of hydrogen-bond acceptors (Lipinski definition) is 7. The number of carbonyl (C=O) groups excluding carboxylic acids is 2. The third-order valence-electron chi connectivity index (χ3n) is 3.89. The van der Waals surface area contributed by atoms with E-state index in [1.807, 2.05) is 0 Å². The van der Waals surface area contributed by atoms with Gasteiger partial charge < -0.3 is 29.4 Å². The van der Waals surface area contributed by atoms with E-state index in [1.54, 1.807) is 36.4 Å². The van der Waals surface area contributed by atoms with E-state index in [4.69, 9.17) is 14.2 Å². The van der Waals surface area contributed by atoms with E-state index in [2.05, 4.69) is 5.32 Å². The fraction of sp³-hybridized carbons (Fsp3) is 0.158. The summed E-state index contributed by atoms with van der Waals surface area (Å²) in [7, 11) is 2.95. The highest BCUT2D eigenvalue weighted by Gasteiger charge is 2.35. The highest BCUT2D eigenvalue weighted by Crippen LogP contribution is 2.42. The van der Waals surface area contributed by atoms with Crippen LogP contribution in [-0.2, 0) is 9.53 Å². The molecule has 0 bridgehead atoms. The molecule has 2 aromatic carbocycles. The molecular formula is C19H16NO6-. The highest BCUT2D eigenvalue weighted by atomic mass is 16.6. The summed E-state index contributed by atoms with van der Waals surface area (Å²) in [6.07, 6.45) is 1.67. The molecule has 1 atom stereocenters. The molecule has 0 spiro atoms. The Morgan fingerprint density at radius 3 is 2.73 bits per heavy atom. The maximum Gasteiger partial charge on any atom is 0.344 e. The smallest absolute Gasteiger partial charge is 0.344 e. The number of nitrogens with one attached hydrogen (secondary N) is 1. The molecule has 26 heavy (non-hydrogen) atoms. The van der Waals surface area contributed by atoms with E-state index in [0.29, 0.717) is 33.9 Å². The Morgan fingerprint density at radius 1 is 1.23 bits per heavy atom. The zero-order chi connectivity index (χ0) is 18.7. The van der Waals surface area contributed by atoms with Crippen LogP contribution in [0.3, 0.4) is 0 Å². The van der Waals surface area contributed by atoms with Crippen LogP contribution in [0.25, 0.3) is 6.08 Å². The lowest BCUT2D eigenvalue weighted by Crippen LogP contribution is -2.18. The summed E-state index contributed by atoms with van der Waals surface area (Å²) in [4.78, 5) is 22.8. The molecule has 2 aromatic rings. The Kier molecular flexibility index (Phi) is 4.79. The van der Waals surface area contributed by atoms with E-state index in [9.17, 15) is 14.7 Å². The van der Waals surface area contributed by atoms with E-state index in [1.165, 1.54) is 20.3 Å². The molecule has 0 radical (unpaired) electrons. The fourth-order valence-electron chi connectivity index (χ4n) is 2.76. The van der Waals surface area contributed by atoms with Crippen LogP contribution in [0.2, 0.25) is 0 Å². The normalized spacial score (nSPS) is 15.5. The number of fused-ring (bicyclic) bond motifs is 1. The number of carboxylic acid groups (broad SMARTS) is 1. The number of hydrogen-bond donors (Lipinski definition) is 1. The number of rotatable bonds is 6. The van der Waals surface area contributed by atoms with Gasteiger partial charge in [-0.25, -0.2) is 4.79 Å². The molecule has 134 valence electrons. The van der Waals surface area contributed by atoms with Crippen LogP contribution in [0, 0.1) is 0 Å². The van der Waals surface area contributed by atoms with Crippen molar-refractivity contribution in [3.63, 3.8) is 0 Å². The Balaban J connectivity index is 1.89. The molecule has 7 heteroatoms. The van der Waals surface area contributed by atoms with Crippen molar-refractivity contribution >= 4 is 23.7 Å². The summed E-state index contributed by atoms with van der Waals surface area (Å²) >= 11 is 0. The summed E-state index contributed by atoms with van der Waals surface area (Å²) in [5.74, 6) is -1.02. The van der Waals surface area contributed by atoms with Gasteiger partial charge in [0.25, 0.3) is 0 Å². The van der Waals surface area contributed by atoms with Gasteiger partial charge in [-0.2, -0.15) is 0 Å². The topological polar surface area (TPSA) is 96.9 Å². The van der Waals surface area contributed by atoms with Crippen molar-refractivity contribution in [2.45, 2.75) is 6.23 Å². The SMILES string of the molecule is COc1ccc2c(c1OC)C(=O)O[C@H]2Nc1cccc(/C=C\C(=O)[O-])c1. The number of carboxylic acids is 1. The number of esters is 1. The number of aliphatic carboxylic acids is 1. The van der Waals surface area contributed by atoms with Gasteiger partial charge in [-0.3, -0.25) is 0 Å². The summed E-state index contributed by atoms with van der Waals surface area (Å²) < 4.78 is 15.9. The highest BCUT2D eigenvalue weighted by molar-refractivity contribution is 5.98. The lowest BCUT2D eigenvalue weighted by molar-refractivity contribution is -0.297. The predicted molar refractivity (Wildman–Crippen MR) is 91.8 cm³/mol. The molecule has 0 saturated carbocycles. The molecule has 1 aliphatic rings. The number of benzene rings is 2. The standard InChI is InChI=1S/C19H17NO6/c1-24-14-8-7-13-16(17(14)25-2)19(23)26-18(13)20-12-5-3-4-11(10-12)6-9-15(21)22/h3-10,18,20H,1-2H3,(H,21,22)/p-1/b9-6-/t18-/m1/s1. The van der Waals surface area contributed by atoms with Crippen LogP contribution in [0.4, 0.5) is 5.69 Å². The van der Waals surface area contributed by atoms with E-state index in [0.717, 1.165) is 6.08 Å². The maximum absolute atomic E-state index is 12.3. The monoisotopic (exact) mass is 354 g/mol. The van der Waals surface area contributed by atoms with Crippen LogP contribution >= 0.6 is 0 Å². The second-order valence-electron chi connectivity index (χ2n) is 5.47. The van der Waals surface area contributed by atoms with Gasteiger partial charge in [-0.05, 0) is 35.9 Å². The largest absolute Gasteiger partial charge is 0.545 e. The van der Waals surface area contributed by atoms with Crippen molar-refractivity contribution in [2.24, 2.45) is 0 Å².